The first-order valence-corrected chi connectivity index (χ1v) is 4.72. The summed E-state index contributed by atoms with van der Waals surface area (Å²) >= 11 is 3.05. The molecule has 0 fully saturated rings. The van der Waals surface area contributed by atoms with E-state index in [9.17, 15) is 9.50 Å². The first-order valence-electron chi connectivity index (χ1n) is 3.92. The van der Waals surface area contributed by atoms with Crippen LogP contribution < -0.4 is 5.32 Å². The summed E-state index contributed by atoms with van der Waals surface area (Å²) in [7, 11) is 1.73. The molecule has 0 aliphatic rings. The minimum atomic E-state index is -0.660. The minimum Gasteiger partial charge on any atom is -0.387 e. The van der Waals surface area contributed by atoms with Gasteiger partial charge in [0.1, 0.15) is 5.82 Å². The number of aliphatic hydroxyl groups excluding tert-OH is 1. The fourth-order valence-corrected chi connectivity index (χ4v) is 1.28. The highest BCUT2D eigenvalue weighted by molar-refractivity contribution is 9.10. The summed E-state index contributed by atoms with van der Waals surface area (Å²) in [5, 5.41) is 12.3. The average Bonchev–Trinajstić information content (AvgIpc) is 2.10. The van der Waals surface area contributed by atoms with Crippen LogP contribution in [-0.2, 0) is 0 Å². The van der Waals surface area contributed by atoms with Gasteiger partial charge in [-0.1, -0.05) is 6.07 Å². The highest BCUT2D eigenvalue weighted by atomic mass is 79.9. The van der Waals surface area contributed by atoms with Gasteiger partial charge in [0.2, 0.25) is 0 Å². The van der Waals surface area contributed by atoms with Crippen LogP contribution in [0.3, 0.4) is 0 Å². The lowest BCUT2D eigenvalue weighted by atomic mass is 10.1. The highest BCUT2D eigenvalue weighted by Gasteiger charge is 2.08. The van der Waals surface area contributed by atoms with Crippen LogP contribution in [0.1, 0.15) is 11.7 Å². The molecule has 1 rings (SSSR count). The molecule has 1 aromatic carbocycles. The van der Waals surface area contributed by atoms with Gasteiger partial charge in [-0.2, -0.15) is 0 Å². The standard InChI is InChI=1S/C9H11BrFNO/c1-12-5-9(13)6-2-3-7(10)8(11)4-6/h2-4,9,12-13H,5H2,1H3. The number of hydrogen-bond donors (Lipinski definition) is 2. The van der Waals surface area contributed by atoms with Crippen LogP contribution in [-0.4, -0.2) is 18.7 Å². The lowest BCUT2D eigenvalue weighted by Crippen LogP contribution is -2.16. The van der Waals surface area contributed by atoms with Gasteiger partial charge in [-0.3, -0.25) is 0 Å². The zero-order valence-electron chi connectivity index (χ0n) is 7.22. The Balaban J connectivity index is 2.84. The van der Waals surface area contributed by atoms with Crippen molar-refractivity contribution in [2.45, 2.75) is 6.10 Å². The van der Waals surface area contributed by atoms with Crippen LogP contribution in [0.5, 0.6) is 0 Å². The molecule has 2 N–H and O–H groups in total. The summed E-state index contributed by atoms with van der Waals surface area (Å²) in [5.74, 6) is -0.354. The second-order valence-corrected chi connectivity index (χ2v) is 3.60. The maximum Gasteiger partial charge on any atom is 0.137 e. The van der Waals surface area contributed by atoms with E-state index in [0.29, 0.717) is 16.6 Å². The largest absolute Gasteiger partial charge is 0.387 e. The number of aliphatic hydroxyl groups is 1. The molecule has 2 nitrogen and oxygen atoms in total. The fourth-order valence-electron chi connectivity index (χ4n) is 1.03. The number of hydrogen-bond acceptors (Lipinski definition) is 2. The summed E-state index contributed by atoms with van der Waals surface area (Å²) in [5.41, 5.74) is 0.579. The molecule has 0 spiro atoms. The van der Waals surface area contributed by atoms with Gasteiger partial charge in [-0.15, -0.1) is 0 Å². The molecule has 0 radical (unpaired) electrons. The number of likely N-dealkylation sites (N-methyl/N-ethyl adjacent to an activating group) is 1. The van der Waals surface area contributed by atoms with Gasteiger partial charge >= 0.3 is 0 Å². The van der Waals surface area contributed by atoms with Gasteiger partial charge in [-0.25, -0.2) is 4.39 Å². The van der Waals surface area contributed by atoms with Crippen molar-refractivity contribution in [2.75, 3.05) is 13.6 Å². The molecule has 1 unspecified atom stereocenters. The van der Waals surface area contributed by atoms with Gasteiger partial charge in [0.25, 0.3) is 0 Å². The van der Waals surface area contributed by atoms with Crippen molar-refractivity contribution in [1.82, 2.24) is 5.32 Å². The molecule has 0 bridgehead atoms. The van der Waals surface area contributed by atoms with Crippen molar-refractivity contribution < 1.29 is 9.50 Å². The van der Waals surface area contributed by atoms with Crippen molar-refractivity contribution in [1.29, 1.82) is 0 Å². The quantitative estimate of drug-likeness (QED) is 0.855. The van der Waals surface area contributed by atoms with Crippen molar-refractivity contribution in [3.63, 3.8) is 0 Å². The Morgan fingerprint density at radius 3 is 2.85 bits per heavy atom. The SMILES string of the molecule is CNCC(O)c1ccc(Br)c(F)c1. The topological polar surface area (TPSA) is 32.3 Å². The molecule has 0 saturated heterocycles. The zero-order chi connectivity index (χ0) is 9.84. The van der Waals surface area contributed by atoms with E-state index >= 15 is 0 Å². The summed E-state index contributed by atoms with van der Waals surface area (Å²) in [6, 6.07) is 4.60. The van der Waals surface area contributed by atoms with Crippen LogP contribution in [0.15, 0.2) is 22.7 Å². The normalized spacial score (nSPS) is 12.9. The maximum atomic E-state index is 13.0. The molecule has 0 amide bonds. The molecule has 1 atom stereocenters. The van der Waals surface area contributed by atoms with Crippen LogP contribution in [0, 0.1) is 5.82 Å². The predicted octanol–water partition coefficient (Wildman–Crippen LogP) is 1.84. The number of halogens is 2. The van der Waals surface area contributed by atoms with Gasteiger partial charge < -0.3 is 10.4 Å². The first kappa shape index (κ1) is 10.6. The molecule has 1 aromatic rings. The Hall–Kier alpha value is -0.450. The molecular formula is C9H11BrFNO. The van der Waals surface area contributed by atoms with E-state index in [1.54, 1.807) is 19.2 Å². The number of benzene rings is 1. The summed E-state index contributed by atoms with van der Waals surface area (Å²) < 4.78 is 13.4. The highest BCUT2D eigenvalue weighted by Crippen LogP contribution is 2.20. The Morgan fingerprint density at radius 1 is 1.62 bits per heavy atom. The lowest BCUT2D eigenvalue weighted by molar-refractivity contribution is 0.177. The Labute approximate surface area is 84.9 Å². The van der Waals surface area contributed by atoms with Gasteiger partial charge in [-0.05, 0) is 40.7 Å². The van der Waals surface area contributed by atoms with Gasteiger partial charge in [0, 0.05) is 6.54 Å². The fraction of sp³-hybridized carbons (Fsp3) is 0.333. The van der Waals surface area contributed by atoms with Crippen LogP contribution in [0.4, 0.5) is 4.39 Å². The van der Waals surface area contributed by atoms with E-state index < -0.39 is 6.10 Å². The maximum absolute atomic E-state index is 13.0. The Kier molecular flexibility index (Phi) is 3.84. The van der Waals surface area contributed by atoms with E-state index in [-0.39, 0.29) is 5.82 Å². The minimum absolute atomic E-state index is 0.354. The van der Waals surface area contributed by atoms with Crippen LogP contribution in [0.2, 0.25) is 0 Å². The molecule has 13 heavy (non-hydrogen) atoms. The third-order valence-corrected chi connectivity index (χ3v) is 2.37. The molecule has 0 aliphatic carbocycles. The van der Waals surface area contributed by atoms with Crippen LogP contribution >= 0.6 is 15.9 Å². The van der Waals surface area contributed by atoms with Crippen molar-refractivity contribution in [2.24, 2.45) is 0 Å². The molecule has 72 valence electrons. The second-order valence-electron chi connectivity index (χ2n) is 2.75. The smallest absolute Gasteiger partial charge is 0.137 e. The van der Waals surface area contributed by atoms with E-state index in [0.717, 1.165) is 0 Å². The molecular weight excluding hydrogens is 237 g/mol. The third kappa shape index (κ3) is 2.76. The average molecular weight is 248 g/mol. The molecule has 4 heteroatoms. The van der Waals surface area contributed by atoms with Crippen LogP contribution in [0.25, 0.3) is 0 Å². The van der Waals surface area contributed by atoms with Gasteiger partial charge in [0.15, 0.2) is 0 Å². The Bertz CT molecular complexity index is 293. The second kappa shape index (κ2) is 4.69. The zero-order valence-corrected chi connectivity index (χ0v) is 8.81. The van der Waals surface area contributed by atoms with E-state index in [4.69, 9.17) is 0 Å². The first-order chi connectivity index (χ1) is 6.15. The number of rotatable bonds is 3. The van der Waals surface area contributed by atoms with Crippen molar-refractivity contribution >= 4 is 15.9 Å². The van der Waals surface area contributed by atoms with E-state index in [1.165, 1.54) is 6.07 Å². The Morgan fingerprint density at radius 2 is 2.31 bits per heavy atom. The van der Waals surface area contributed by atoms with Gasteiger partial charge in [0.05, 0.1) is 10.6 Å². The summed E-state index contributed by atoms with van der Waals surface area (Å²) in [6.45, 7) is 0.418. The monoisotopic (exact) mass is 247 g/mol. The third-order valence-electron chi connectivity index (χ3n) is 1.73. The van der Waals surface area contributed by atoms with E-state index in [1.807, 2.05) is 0 Å². The van der Waals surface area contributed by atoms with Crippen molar-refractivity contribution in [3.8, 4) is 0 Å². The number of nitrogens with one attached hydrogen (secondary N) is 1. The molecule has 0 aromatic heterocycles. The molecule has 0 heterocycles. The summed E-state index contributed by atoms with van der Waals surface area (Å²) in [6.07, 6.45) is -0.660. The van der Waals surface area contributed by atoms with Crippen molar-refractivity contribution in [3.05, 3.63) is 34.1 Å². The molecule has 0 aliphatic heterocycles. The predicted molar refractivity (Wildman–Crippen MR) is 53.0 cm³/mol. The molecule has 0 saturated carbocycles. The summed E-state index contributed by atoms with van der Waals surface area (Å²) in [4.78, 5) is 0. The van der Waals surface area contributed by atoms with E-state index in [2.05, 4.69) is 21.2 Å². The lowest BCUT2D eigenvalue weighted by Gasteiger charge is -2.10.